The maximum atomic E-state index is 10.4. The van der Waals surface area contributed by atoms with Crippen molar-refractivity contribution in [3.63, 3.8) is 0 Å². The summed E-state index contributed by atoms with van der Waals surface area (Å²) in [4.78, 5) is 14.6. The molecule has 2 rings (SSSR count). The van der Waals surface area contributed by atoms with Crippen molar-refractivity contribution in [2.45, 2.75) is 25.7 Å². The van der Waals surface area contributed by atoms with Gasteiger partial charge in [0.1, 0.15) is 11.6 Å². The average molecular weight is 235 g/mol. The zero-order valence-electron chi connectivity index (χ0n) is 9.22. The smallest absolute Gasteiger partial charge is 0.303 e. The Kier molecular flexibility index (Phi) is 3.54. The van der Waals surface area contributed by atoms with Crippen molar-refractivity contribution in [3.8, 4) is 0 Å². The van der Waals surface area contributed by atoms with Crippen molar-refractivity contribution in [1.82, 2.24) is 15.2 Å². The third-order valence-electron chi connectivity index (χ3n) is 2.33. The van der Waals surface area contributed by atoms with Crippen LogP contribution in [0.3, 0.4) is 0 Å². The number of furan rings is 1. The number of hydrogen-bond acceptors (Lipinski definition) is 4. The van der Waals surface area contributed by atoms with Crippen LogP contribution in [-0.4, -0.2) is 26.3 Å². The van der Waals surface area contributed by atoms with E-state index in [1.165, 1.54) is 0 Å². The van der Waals surface area contributed by atoms with Crippen molar-refractivity contribution in [3.05, 3.63) is 35.8 Å². The van der Waals surface area contributed by atoms with E-state index in [4.69, 9.17) is 9.52 Å². The predicted molar refractivity (Wildman–Crippen MR) is 58.5 cm³/mol. The molecule has 0 saturated heterocycles. The van der Waals surface area contributed by atoms with Crippen molar-refractivity contribution >= 4 is 5.97 Å². The van der Waals surface area contributed by atoms with Crippen LogP contribution in [0.1, 0.15) is 23.8 Å². The normalized spacial score (nSPS) is 10.6. The summed E-state index contributed by atoms with van der Waals surface area (Å²) in [7, 11) is 0. The molecule has 0 spiro atoms. The maximum absolute atomic E-state index is 10.4. The summed E-state index contributed by atoms with van der Waals surface area (Å²) < 4.78 is 5.20. The van der Waals surface area contributed by atoms with Crippen LogP contribution in [0.4, 0.5) is 0 Å². The number of nitrogens with one attached hydrogen (secondary N) is 1. The Bertz CT molecular complexity index is 476. The van der Waals surface area contributed by atoms with Crippen LogP contribution in [-0.2, 0) is 24.1 Å². The van der Waals surface area contributed by atoms with E-state index < -0.39 is 5.97 Å². The number of aryl methyl sites for hydroxylation is 3. The fourth-order valence-corrected chi connectivity index (χ4v) is 1.47. The van der Waals surface area contributed by atoms with E-state index in [-0.39, 0.29) is 6.42 Å². The average Bonchev–Trinajstić information content (AvgIpc) is 2.95. The van der Waals surface area contributed by atoms with Gasteiger partial charge in [-0.05, 0) is 12.1 Å². The molecule has 6 heteroatoms. The lowest BCUT2D eigenvalue weighted by Gasteiger charge is -1.92. The maximum Gasteiger partial charge on any atom is 0.303 e. The molecule has 0 aliphatic carbocycles. The van der Waals surface area contributed by atoms with Gasteiger partial charge in [0, 0.05) is 19.3 Å². The molecule has 0 atom stereocenters. The highest BCUT2D eigenvalue weighted by Crippen LogP contribution is 2.05. The molecule has 2 heterocycles. The fourth-order valence-electron chi connectivity index (χ4n) is 1.47. The monoisotopic (exact) mass is 235 g/mol. The van der Waals surface area contributed by atoms with Crippen LogP contribution in [0.2, 0.25) is 0 Å². The summed E-state index contributed by atoms with van der Waals surface area (Å²) in [5.74, 6) is 1.35. The minimum Gasteiger partial charge on any atom is -0.481 e. The highest BCUT2D eigenvalue weighted by molar-refractivity contribution is 5.66. The first-order valence-electron chi connectivity index (χ1n) is 5.38. The quantitative estimate of drug-likeness (QED) is 0.784. The molecule has 0 aliphatic heterocycles. The molecule has 0 aromatic carbocycles. The number of H-pyrrole nitrogens is 1. The van der Waals surface area contributed by atoms with E-state index in [1.54, 1.807) is 6.26 Å². The summed E-state index contributed by atoms with van der Waals surface area (Å²) >= 11 is 0. The highest BCUT2D eigenvalue weighted by atomic mass is 16.4. The summed E-state index contributed by atoms with van der Waals surface area (Å²) in [5, 5.41) is 15.3. The SMILES string of the molecule is O=C(O)CCc1n[nH]c(CCc2ccco2)n1. The molecule has 2 aromatic rings. The topological polar surface area (TPSA) is 92.0 Å². The Hall–Kier alpha value is -2.11. The number of rotatable bonds is 6. The number of carboxylic acid groups (broad SMARTS) is 1. The second-order valence-corrected chi connectivity index (χ2v) is 3.67. The van der Waals surface area contributed by atoms with Gasteiger partial charge in [0.15, 0.2) is 5.82 Å². The Labute approximate surface area is 97.7 Å². The molecule has 0 unspecified atom stereocenters. The molecule has 2 aromatic heterocycles. The molecule has 0 amide bonds. The first-order chi connectivity index (χ1) is 8.24. The minimum absolute atomic E-state index is 0.0511. The summed E-state index contributed by atoms with van der Waals surface area (Å²) in [5.41, 5.74) is 0. The van der Waals surface area contributed by atoms with Gasteiger partial charge in [0.05, 0.1) is 12.7 Å². The van der Waals surface area contributed by atoms with Crippen molar-refractivity contribution in [2.75, 3.05) is 0 Å². The van der Waals surface area contributed by atoms with E-state index in [2.05, 4.69) is 15.2 Å². The Morgan fingerprint density at radius 3 is 3.00 bits per heavy atom. The number of aromatic amines is 1. The van der Waals surface area contributed by atoms with Gasteiger partial charge in [-0.25, -0.2) is 4.98 Å². The number of nitrogens with zero attached hydrogens (tertiary/aromatic N) is 2. The lowest BCUT2D eigenvalue weighted by Crippen LogP contribution is -1.99. The Balaban J connectivity index is 1.83. The van der Waals surface area contributed by atoms with Crippen LogP contribution >= 0.6 is 0 Å². The molecule has 0 fully saturated rings. The van der Waals surface area contributed by atoms with Crippen LogP contribution in [0.25, 0.3) is 0 Å². The van der Waals surface area contributed by atoms with E-state index in [9.17, 15) is 4.79 Å². The zero-order valence-corrected chi connectivity index (χ0v) is 9.22. The molecule has 0 aliphatic rings. The molecular formula is C11H13N3O3. The van der Waals surface area contributed by atoms with E-state index in [1.807, 2.05) is 12.1 Å². The molecule has 2 N–H and O–H groups in total. The first kappa shape index (κ1) is 11.4. The van der Waals surface area contributed by atoms with Gasteiger partial charge in [0.2, 0.25) is 0 Å². The van der Waals surface area contributed by atoms with Gasteiger partial charge in [-0.2, -0.15) is 5.10 Å². The van der Waals surface area contributed by atoms with E-state index in [0.29, 0.717) is 18.7 Å². The summed E-state index contributed by atoms with van der Waals surface area (Å²) in [6.07, 6.45) is 3.49. The Morgan fingerprint density at radius 2 is 2.29 bits per heavy atom. The van der Waals surface area contributed by atoms with Gasteiger partial charge in [-0.15, -0.1) is 0 Å². The van der Waals surface area contributed by atoms with Crippen LogP contribution < -0.4 is 0 Å². The molecule has 17 heavy (non-hydrogen) atoms. The van der Waals surface area contributed by atoms with E-state index in [0.717, 1.165) is 18.0 Å². The Morgan fingerprint density at radius 1 is 1.41 bits per heavy atom. The van der Waals surface area contributed by atoms with Crippen LogP contribution in [0.15, 0.2) is 22.8 Å². The second kappa shape index (κ2) is 5.29. The third kappa shape index (κ3) is 3.44. The van der Waals surface area contributed by atoms with Gasteiger partial charge in [-0.1, -0.05) is 0 Å². The van der Waals surface area contributed by atoms with Gasteiger partial charge >= 0.3 is 5.97 Å². The third-order valence-corrected chi connectivity index (χ3v) is 2.33. The standard InChI is InChI=1S/C11H13N3O3/c15-11(16)6-5-10-12-9(13-14-10)4-3-8-2-1-7-17-8/h1-2,7H,3-6H2,(H,15,16)(H,12,13,14). The molecule has 0 bridgehead atoms. The summed E-state index contributed by atoms with van der Waals surface area (Å²) in [6, 6.07) is 3.75. The van der Waals surface area contributed by atoms with E-state index >= 15 is 0 Å². The lowest BCUT2D eigenvalue weighted by molar-refractivity contribution is -0.137. The highest BCUT2D eigenvalue weighted by Gasteiger charge is 2.06. The van der Waals surface area contributed by atoms with Gasteiger partial charge < -0.3 is 9.52 Å². The summed E-state index contributed by atoms with van der Waals surface area (Å²) in [6.45, 7) is 0. The van der Waals surface area contributed by atoms with Crippen LogP contribution in [0, 0.1) is 0 Å². The van der Waals surface area contributed by atoms with Crippen molar-refractivity contribution in [2.24, 2.45) is 0 Å². The molecular weight excluding hydrogens is 222 g/mol. The number of carbonyl (C=O) groups is 1. The number of aromatic nitrogens is 3. The van der Waals surface area contributed by atoms with Crippen molar-refractivity contribution in [1.29, 1.82) is 0 Å². The van der Waals surface area contributed by atoms with Gasteiger partial charge in [-0.3, -0.25) is 9.89 Å². The van der Waals surface area contributed by atoms with Gasteiger partial charge in [0.25, 0.3) is 0 Å². The second-order valence-electron chi connectivity index (χ2n) is 3.67. The molecule has 6 nitrogen and oxygen atoms in total. The lowest BCUT2D eigenvalue weighted by atomic mass is 10.2. The number of hydrogen-bond donors (Lipinski definition) is 2. The largest absolute Gasteiger partial charge is 0.481 e. The first-order valence-corrected chi connectivity index (χ1v) is 5.38. The minimum atomic E-state index is -0.841. The van der Waals surface area contributed by atoms with Crippen molar-refractivity contribution < 1.29 is 14.3 Å². The number of carboxylic acids is 1. The van der Waals surface area contributed by atoms with Crippen LogP contribution in [0.5, 0.6) is 0 Å². The molecule has 90 valence electrons. The fraction of sp³-hybridized carbons (Fsp3) is 0.364. The predicted octanol–water partition coefficient (Wildman–Crippen LogP) is 1.20. The number of aliphatic carboxylic acids is 1. The molecule has 0 radical (unpaired) electrons. The zero-order chi connectivity index (χ0) is 12.1. The molecule has 0 saturated carbocycles.